The van der Waals surface area contributed by atoms with Gasteiger partial charge in [-0.1, -0.05) is 30.3 Å². The van der Waals surface area contributed by atoms with Crippen molar-refractivity contribution in [3.63, 3.8) is 0 Å². The van der Waals surface area contributed by atoms with Gasteiger partial charge in [-0.15, -0.1) is 5.10 Å². The van der Waals surface area contributed by atoms with E-state index in [1.807, 2.05) is 30.3 Å². The summed E-state index contributed by atoms with van der Waals surface area (Å²) in [5, 5.41) is 14.5. The standard InChI is InChI=1S/C20H23N7O/c1-2-15-5-3-4-6-18(15)27-14-17(24-25-27)20(28)23-16-13-22-8-7-19(16)26-11-9-21-10-12-26/h3-8,13-14,21H,2,9-12H2,1H3,(H,23,28). The van der Waals surface area contributed by atoms with Crippen LogP contribution in [0.1, 0.15) is 23.0 Å². The Morgan fingerprint density at radius 2 is 2.00 bits per heavy atom. The average Bonchev–Trinajstić information content (AvgIpc) is 3.25. The monoisotopic (exact) mass is 377 g/mol. The predicted octanol–water partition coefficient (Wildman–Crippen LogP) is 1.89. The van der Waals surface area contributed by atoms with Crippen LogP contribution in [0.2, 0.25) is 0 Å². The fourth-order valence-electron chi connectivity index (χ4n) is 3.37. The number of aromatic nitrogens is 4. The number of pyridine rings is 1. The van der Waals surface area contributed by atoms with Crippen LogP contribution in [0, 0.1) is 0 Å². The van der Waals surface area contributed by atoms with Crippen molar-refractivity contribution in [2.45, 2.75) is 13.3 Å². The molecule has 3 aromatic rings. The summed E-state index contributed by atoms with van der Waals surface area (Å²) in [6.07, 6.45) is 5.95. The van der Waals surface area contributed by atoms with Crippen molar-refractivity contribution in [1.29, 1.82) is 0 Å². The molecule has 1 aromatic carbocycles. The highest BCUT2D eigenvalue weighted by Gasteiger charge is 2.18. The van der Waals surface area contributed by atoms with Crippen molar-refractivity contribution in [3.05, 3.63) is 60.2 Å². The summed E-state index contributed by atoms with van der Waals surface area (Å²) in [5.41, 5.74) is 3.99. The number of nitrogens with zero attached hydrogens (tertiary/aromatic N) is 5. The molecule has 144 valence electrons. The fraction of sp³-hybridized carbons (Fsp3) is 0.300. The highest BCUT2D eigenvalue weighted by Crippen LogP contribution is 2.25. The lowest BCUT2D eigenvalue weighted by molar-refractivity contribution is 0.102. The van der Waals surface area contributed by atoms with Gasteiger partial charge in [-0.2, -0.15) is 0 Å². The van der Waals surface area contributed by atoms with Crippen molar-refractivity contribution in [1.82, 2.24) is 25.3 Å². The van der Waals surface area contributed by atoms with Crippen molar-refractivity contribution >= 4 is 17.3 Å². The first-order chi connectivity index (χ1) is 13.8. The van der Waals surface area contributed by atoms with E-state index in [1.54, 1.807) is 23.3 Å². The molecule has 0 aliphatic carbocycles. The highest BCUT2D eigenvalue weighted by atomic mass is 16.2. The second-order valence-electron chi connectivity index (χ2n) is 6.61. The maximum Gasteiger partial charge on any atom is 0.277 e. The molecule has 0 bridgehead atoms. The number of hydrogen-bond acceptors (Lipinski definition) is 6. The number of piperazine rings is 1. The number of hydrogen-bond donors (Lipinski definition) is 2. The predicted molar refractivity (Wildman–Crippen MR) is 108 cm³/mol. The lowest BCUT2D eigenvalue weighted by atomic mass is 10.1. The van der Waals surface area contributed by atoms with E-state index in [4.69, 9.17) is 0 Å². The Balaban J connectivity index is 1.55. The summed E-state index contributed by atoms with van der Waals surface area (Å²) in [7, 11) is 0. The molecule has 8 heteroatoms. The lowest BCUT2D eigenvalue weighted by Crippen LogP contribution is -2.43. The van der Waals surface area contributed by atoms with Crippen LogP contribution in [0.3, 0.4) is 0 Å². The van der Waals surface area contributed by atoms with Crippen LogP contribution in [-0.4, -0.2) is 52.1 Å². The van der Waals surface area contributed by atoms with E-state index in [2.05, 4.69) is 37.8 Å². The summed E-state index contributed by atoms with van der Waals surface area (Å²) in [4.78, 5) is 19.2. The van der Waals surface area contributed by atoms with Crippen molar-refractivity contribution < 1.29 is 4.79 Å². The molecule has 8 nitrogen and oxygen atoms in total. The minimum absolute atomic E-state index is 0.265. The van der Waals surface area contributed by atoms with Gasteiger partial charge in [0.2, 0.25) is 0 Å². The molecule has 0 spiro atoms. The van der Waals surface area contributed by atoms with E-state index < -0.39 is 0 Å². The molecule has 3 heterocycles. The zero-order chi connectivity index (χ0) is 19.3. The van der Waals surface area contributed by atoms with Crippen molar-refractivity contribution in [2.75, 3.05) is 36.4 Å². The number of anilines is 2. The van der Waals surface area contributed by atoms with Gasteiger partial charge in [0.15, 0.2) is 5.69 Å². The molecule has 1 fully saturated rings. The van der Waals surface area contributed by atoms with Crippen LogP contribution in [0.25, 0.3) is 5.69 Å². The smallest absolute Gasteiger partial charge is 0.277 e. The van der Waals surface area contributed by atoms with Gasteiger partial charge >= 0.3 is 0 Å². The number of nitrogens with one attached hydrogen (secondary N) is 2. The Bertz CT molecular complexity index is 962. The zero-order valence-corrected chi connectivity index (χ0v) is 15.8. The van der Waals surface area contributed by atoms with Crippen LogP contribution in [0.5, 0.6) is 0 Å². The van der Waals surface area contributed by atoms with Gasteiger partial charge in [0.1, 0.15) is 0 Å². The van der Waals surface area contributed by atoms with E-state index in [0.717, 1.165) is 49.5 Å². The van der Waals surface area contributed by atoms with Crippen molar-refractivity contribution in [3.8, 4) is 5.69 Å². The molecule has 1 aliphatic rings. The second-order valence-corrected chi connectivity index (χ2v) is 6.61. The average molecular weight is 377 g/mol. The van der Waals surface area contributed by atoms with E-state index in [0.29, 0.717) is 5.69 Å². The fourth-order valence-corrected chi connectivity index (χ4v) is 3.37. The first-order valence-electron chi connectivity index (χ1n) is 9.48. The number of rotatable bonds is 5. The Morgan fingerprint density at radius 1 is 1.18 bits per heavy atom. The first kappa shape index (κ1) is 18.1. The molecule has 28 heavy (non-hydrogen) atoms. The third kappa shape index (κ3) is 3.72. The topological polar surface area (TPSA) is 88.0 Å². The molecule has 1 aliphatic heterocycles. The van der Waals surface area contributed by atoms with Gasteiger partial charge in [-0.25, -0.2) is 4.68 Å². The Labute approximate surface area is 163 Å². The van der Waals surface area contributed by atoms with Gasteiger partial charge in [0, 0.05) is 32.4 Å². The maximum atomic E-state index is 12.8. The van der Waals surface area contributed by atoms with Gasteiger partial charge in [-0.05, 0) is 24.1 Å². The van der Waals surface area contributed by atoms with Crippen LogP contribution in [0.4, 0.5) is 11.4 Å². The lowest BCUT2D eigenvalue weighted by Gasteiger charge is -2.30. The minimum atomic E-state index is -0.301. The summed E-state index contributed by atoms with van der Waals surface area (Å²) in [5.74, 6) is -0.301. The second kappa shape index (κ2) is 8.18. The van der Waals surface area contributed by atoms with Crippen LogP contribution < -0.4 is 15.5 Å². The molecular formula is C20H23N7O. The number of para-hydroxylation sites is 1. The van der Waals surface area contributed by atoms with Crippen molar-refractivity contribution in [2.24, 2.45) is 0 Å². The molecule has 2 N–H and O–H groups in total. The van der Waals surface area contributed by atoms with E-state index in [9.17, 15) is 4.79 Å². The number of benzene rings is 1. The molecule has 2 aromatic heterocycles. The Hall–Kier alpha value is -3.26. The largest absolute Gasteiger partial charge is 0.367 e. The minimum Gasteiger partial charge on any atom is -0.367 e. The zero-order valence-electron chi connectivity index (χ0n) is 15.8. The van der Waals surface area contributed by atoms with Gasteiger partial charge < -0.3 is 15.5 Å². The van der Waals surface area contributed by atoms with Gasteiger partial charge in [0.25, 0.3) is 5.91 Å². The van der Waals surface area contributed by atoms with E-state index in [1.165, 1.54) is 0 Å². The Morgan fingerprint density at radius 3 is 2.82 bits per heavy atom. The van der Waals surface area contributed by atoms with Gasteiger partial charge in [0.05, 0.1) is 29.5 Å². The summed E-state index contributed by atoms with van der Waals surface area (Å²) in [6, 6.07) is 9.89. The SMILES string of the molecule is CCc1ccccc1-n1cc(C(=O)Nc2cnccc2N2CCNCC2)nn1. The quantitative estimate of drug-likeness (QED) is 0.706. The summed E-state index contributed by atoms with van der Waals surface area (Å²) >= 11 is 0. The molecule has 0 atom stereocenters. The van der Waals surface area contributed by atoms with Crippen LogP contribution >= 0.6 is 0 Å². The summed E-state index contributed by atoms with van der Waals surface area (Å²) < 4.78 is 1.65. The number of amides is 1. The van der Waals surface area contributed by atoms with E-state index >= 15 is 0 Å². The molecular weight excluding hydrogens is 354 g/mol. The molecule has 0 saturated carbocycles. The molecule has 0 unspecified atom stereocenters. The molecule has 4 rings (SSSR count). The first-order valence-corrected chi connectivity index (χ1v) is 9.48. The number of carbonyl (C=O) groups excluding carboxylic acids is 1. The van der Waals surface area contributed by atoms with E-state index in [-0.39, 0.29) is 11.6 Å². The number of carbonyl (C=O) groups is 1. The molecule has 1 saturated heterocycles. The van der Waals surface area contributed by atoms with Gasteiger partial charge in [-0.3, -0.25) is 9.78 Å². The maximum absolute atomic E-state index is 12.8. The summed E-state index contributed by atoms with van der Waals surface area (Å²) in [6.45, 7) is 5.69. The molecule has 1 amide bonds. The highest BCUT2D eigenvalue weighted by molar-refractivity contribution is 6.04. The third-order valence-electron chi connectivity index (χ3n) is 4.85. The van der Waals surface area contributed by atoms with Crippen LogP contribution in [-0.2, 0) is 6.42 Å². The van der Waals surface area contributed by atoms with Crippen LogP contribution in [0.15, 0.2) is 48.9 Å². The molecule has 0 radical (unpaired) electrons. The third-order valence-corrected chi connectivity index (χ3v) is 4.85. The number of aryl methyl sites for hydroxylation is 1. The Kier molecular flexibility index (Phi) is 5.29. The normalized spacial score (nSPS) is 14.1.